The number of aromatic amines is 1. The molecular weight excluding hydrogens is 122 g/mol. The van der Waals surface area contributed by atoms with E-state index in [1.807, 2.05) is 6.20 Å². The van der Waals surface area contributed by atoms with Gasteiger partial charge in [0.25, 0.3) is 0 Å². The van der Waals surface area contributed by atoms with Gasteiger partial charge >= 0.3 is 0 Å². The minimum absolute atomic E-state index is 0.700. The first-order chi connectivity index (χ1) is 4.88. The maximum atomic E-state index is 3.20. The molecule has 1 unspecified atom stereocenters. The minimum Gasteiger partial charge on any atom is -0.361 e. The molecule has 1 heteroatoms. The molecule has 0 aliphatic heterocycles. The van der Waals surface area contributed by atoms with Crippen LogP contribution in [0.5, 0.6) is 0 Å². The molecule has 10 heavy (non-hydrogen) atoms. The predicted molar refractivity (Wildman–Crippen MR) is 42.9 cm³/mol. The number of fused-ring (bicyclic) bond motifs is 1. The van der Waals surface area contributed by atoms with Crippen LogP contribution in [0.1, 0.15) is 30.5 Å². The fraction of sp³-hybridized carbons (Fsp3) is 0.333. The second-order valence-corrected chi connectivity index (χ2v) is 2.89. The molecule has 0 bridgehead atoms. The smallest absolute Gasteiger partial charge is 0.0412 e. The number of nitrogens with one attached hydrogen (secondary N) is 1. The highest BCUT2D eigenvalue weighted by atomic mass is 14.7. The maximum absolute atomic E-state index is 3.20. The van der Waals surface area contributed by atoms with E-state index in [0.29, 0.717) is 5.92 Å². The Morgan fingerprint density at radius 1 is 1.60 bits per heavy atom. The summed E-state index contributed by atoms with van der Waals surface area (Å²) in [5.74, 6) is 0.700. The van der Waals surface area contributed by atoms with Gasteiger partial charge in [-0.25, -0.2) is 0 Å². The van der Waals surface area contributed by atoms with E-state index in [0.717, 1.165) is 0 Å². The van der Waals surface area contributed by atoms with Crippen LogP contribution in [0.4, 0.5) is 0 Å². The SMILES string of the molecule is CC1CC=Cc2[nH]ccc21. The second-order valence-electron chi connectivity index (χ2n) is 2.89. The molecule has 0 saturated carbocycles. The van der Waals surface area contributed by atoms with Crippen molar-refractivity contribution in [3.05, 3.63) is 29.6 Å². The summed E-state index contributed by atoms with van der Waals surface area (Å²) in [6.45, 7) is 2.26. The lowest BCUT2D eigenvalue weighted by Crippen LogP contribution is -1.96. The van der Waals surface area contributed by atoms with Gasteiger partial charge in [-0.3, -0.25) is 0 Å². The lowest BCUT2D eigenvalue weighted by Gasteiger charge is -2.12. The lowest BCUT2D eigenvalue weighted by atomic mass is 9.93. The molecule has 1 aliphatic rings. The number of aromatic nitrogens is 1. The molecule has 1 aromatic heterocycles. The van der Waals surface area contributed by atoms with Crippen LogP contribution in [0.3, 0.4) is 0 Å². The molecule has 1 aliphatic carbocycles. The van der Waals surface area contributed by atoms with Crippen molar-refractivity contribution >= 4 is 6.08 Å². The molecule has 0 spiro atoms. The molecule has 0 saturated heterocycles. The Labute approximate surface area is 60.8 Å². The molecule has 0 aromatic carbocycles. The van der Waals surface area contributed by atoms with Gasteiger partial charge in [-0.2, -0.15) is 0 Å². The highest BCUT2D eigenvalue weighted by Gasteiger charge is 2.11. The molecular formula is C9H11N. The van der Waals surface area contributed by atoms with Crippen LogP contribution < -0.4 is 0 Å². The van der Waals surface area contributed by atoms with Crippen molar-refractivity contribution in [3.63, 3.8) is 0 Å². The zero-order chi connectivity index (χ0) is 6.97. The largest absolute Gasteiger partial charge is 0.361 e. The molecule has 0 radical (unpaired) electrons. The van der Waals surface area contributed by atoms with Gasteiger partial charge in [0.05, 0.1) is 0 Å². The van der Waals surface area contributed by atoms with Crippen molar-refractivity contribution in [1.29, 1.82) is 0 Å². The van der Waals surface area contributed by atoms with Gasteiger partial charge in [0.2, 0.25) is 0 Å². The fourth-order valence-electron chi connectivity index (χ4n) is 1.49. The topological polar surface area (TPSA) is 15.8 Å². The Morgan fingerprint density at radius 3 is 3.30 bits per heavy atom. The van der Waals surface area contributed by atoms with E-state index >= 15 is 0 Å². The summed E-state index contributed by atoms with van der Waals surface area (Å²) in [5, 5.41) is 0. The van der Waals surface area contributed by atoms with Crippen LogP contribution in [0.2, 0.25) is 0 Å². The number of allylic oxidation sites excluding steroid dienone is 1. The van der Waals surface area contributed by atoms with Gasteiger partial charge in [0.15, 0.2) is 0 Å². The van der Waals surface area contributed by atoms with Crippen LogP contribution in [0.15, 0.2) is 18.3 Å². The molecule has 1 N–H and O–H groups in total. The first kappa shape index (κ1) is 5.78. The van der Waals surface area contributed by atoms with Crippen LogP contribution in [-0.2, 0) is 0 Å². The van der Waals surface area contributed by atoms with Gasteiger partial charge < -0.3 is 4.98 Å². The van der Waals surface area contributed by atoms with E-state index in [1.54, 1.807) is 0 Å². The number of H-pyrrole nitrogens is 1. The van der Waals surface area contributed by atoms with Gasteiger partial charge in [0.1, 0.15) is 0 Å². The van der Waals surface area contributed by atoms with Gasteiger partial charge in [-0.1, -0.05) is 13.0 Å². The van der Waals surface area contributed by atoms with E-state index < -0.39 is 0 Å². The van der Waals surface area contributed by atoms with Crippen molar-refractivity contribution in [2.24, 2.45) is 0 Å². The van der Waals surface area contributed by atoms with Crippen molar-refractivity contribution < 1.29 is 0 Å². The molecule has 52 valence electrons. The predicted octanol–water partition coefficient (Wildman–Crippen LogP) is 2.54. The molecule has 1 atom stereocenters. The summed E-state index contributed by atoms with van der Waals surface area (Å²) in [6.07, 6.45) is 7.58. The van der Waals surface area contributed by atoms with E-state index in [2.05, 4.69) is 30.1 Å². The first-order valence-corrected chi connectivity index (χ1v) is 3.72. The van der Waals surface area contributed by atoms with Gasteiger partial charge in [-0.05, 0) is 30.0 Å². The molecule has 1 aromatic rings. The summed E-state index contributed by atoms with van der Waals surface area (Å²) >= 11 is 0. The molecule has 2 rings (SSSR count). The second kappa shape index (κ2) is 2.01. The average Bonchev–Trinajstić information content (AvgIpc) is 2.36. The normalized spacial score (nSPS) is 22.7. The minimum atomic E-state index is 0.700. The van der Waals surface area contributed by atoms with Gasteiger partial charge in [0, 0.05) is 11.9 Å². The zero-order valence-corrected chi connectivity index (χ0v) is 6.09. The third-order valence-electron chi connectivity index (χ3n) is 2.12. The van der Waals surface area contributed by atoms with Crippen molar-refractivity contribution in [1.82, 2.24) is 4.98 Å². The van der Waals surface area contributed by atoms with Crippen LogP contribution in [-0.4, -0.2) is 4.98 Å². The summed E-state index contributed by atoms with van der Waals surface area (Å²) in [6, 6.07) is 2.17. The van der Waals surface area contributed by atoms with Crippen molar-refractivity contribution in [2.75, 3.05) is 0 Å². The van der Waals surface area contributed by atoms with Crippen LogP contribution in [0, 0.1) is 0 Å². The third kappa shape index (κ3) is 0.703. The van der Waals surface area contributed by atoms with Crippen LogP contribution >= 0.6 is 0 Å². The maximum Gasteiger partial charge on any atom is 0.0412 e. The fourth-order valence-corrected chi connectivity index (χ4v) is 1.49. The average molecular weight is 133 g/mol. The van der Waals surface area contributed by atoms with Crippen LogP contribution in [0.25, 0.3) is 6.08 Å². The summed E-state index contributed by atoms with van der Waals surface area (Å²) in [4.78, 5) is 3.20. The summed E-state index contributed by atoms with van der Waals surface area (Å²) < 4.78 is 0. The number of rotatable bonds is 0. The first-order valence-electron chi connectivity index (χ1n) is 3.72. The summed E-state index contributed by atoms with van der Waals surface area (Å²) in [7, 11) is 0. The zero-order valence-electron chi connectivity index (χ0n) is 6.09. The molecule has 1 nitrogen and oxygen atoms in total. The van der Waals surface area contributed by atoms with Crippen molar-refractivity contribution in [3.8, 4) is 0 Å². The Kier molecular flexibility index (Phi) is 1.16. The highest BCUT2D eigenvalue weighted by molar-refractivity contribution is 5.53. The van der Waals surface area contributed by atoms with E-state index in [9.17, 15) is 0 Å². The molecule has 0 amide bonds. The standard InChI is InChI=1S/C9H11N/c1-7-3-2-4-9-8(7)5-6-10-9/h2,4-7,10H,3H2,1H3. The third-order valence-corrected chi connectivity index (χ3v) is 2.12. The Balaban J connectivity index is 2.52. The van der Waals surface area contributed by atoms with E-state index in [-0.39, 0.29) is 0 Å². The molecule has 0 fully saturated rings. The van der Waals surface area contributed by atoms with Crippen molar-refractivity contribution in [2.45, 2.75) is 19.3 Å². The Morgan fingerprint density at radius 2 is 2.50 bits per heavy atom. The lowest BCUT2D eigenvalue weighted by molar-refractivity contribution is 0.772. The number of hydrogen-bond acceptors (Lipinski definition) is 0. The van der Waals surface area contributed by atoms with E-state index in [1.165, 1.54) is 17.7 Å². The Hall–Kier alpha value is -0.980. The quantitative estimate of drug-likeness (QED) is 0.559. The number of hydrogen-bond donors (Lipinski definition) is 1. The molecule has 1 heterocycles. The van der Waals surface area contributed by atoms with Gasteiger partial charge in [-0.15, -0.1) is 0 Å². The monoisotopic (exact) mass is 133 g/mol. The van der Waals surface area contributed by atoms with E-state index in [4.69, 9.17) is 0 Å². The summed E-state index contributed by atoms with van der Waals surface area (Å²) in [5.41, 5.74) is 2.75. The Bertz CT molecular complexity index is 257. The highest BCUT2D eigenvalue weighted by Crippen LogP contribution is 2.27.